The van der Waals surface area contributed by atoms with Crippen molar-refractivity contribution in [3.8, 4) is 0 Å². The van der Waals surface area contributed by atoms with Gasteiger partial charge in [-0.1, -0.05) is 41.4 Å². The third-order valence-corrected chi connectivity index (χ3v) is 7.16. The fourth-order valence-electron chi connectivity index (χ4n) is 3.43. The second kappa shape index (κ2) is 9.77. The molecule has 1 aliphatic heterocycles. The monoisotopic (exact) mass is 456 g/mol. The van der Waals surface area contributed by atoms with Crippen LogP contribution in [0, 0.1) is 0 Å². The van der Waals surface area contributed by atoms with E-state index in [1.54, 1.807) is 30.3 Å². The average molecular weight is 457 g/mol. The van der Waals surface area contributed by atoms with Crippen LogP contribution in [0.25, 0.3) is 0 Å². The molecule has 1 heterocycles. The molecular formula is C21H26Cl2N2O3S. The van der Waals surface area contributed by atoms with Crippen LogP contribution in [0.15, 0.2) is 47.4 Å². The van der Waals surface area contributed by atoms with Crippen LogP contribution in [0.4, 0.5) is 0 Å². The van der Waals surface area contributed by atoms with Crippen LogP contribution in [0.2, 0.25) is 10.0 Å². The molecule has 1 aliphatic rings. The van der Waals surface area contributed by atoms with Crippen molar-refractivity contribution in [1.29, 1.82) is 0 Å². The summed E-state index contributed by atoms with van der Waals surface area (Å²) in [5.41, 5.74) is 1.77. The molecule has 0 bridgehead atoms. The second-order valence-electron chi connectivity index (χ2n) is 7.53. The average Bonchev–Trinajstić information content (AvgIpc) is 2.70. The van der Waals surface area contributed by atoms with Gasteiger partial charge in [-0.2, -0.15) is 0 Å². The van der Waals surface area contributed by atoms with Gasteiger partial charge in [-0.3, -0.25) is 0 Å². The van der Waals surface area contributed by atoms with E-state index in [0.717, 1.165) is 37.0 Å². The molecule has 3 rings (SSSR count). The molecule has 2 aromatic rings. The summed E-state index contributed by atoms with van der Waals surface area (Å²) in [7, 11) is 0.0561. The number of halogens is 2. The molecule has 0 spiro atoms. The van der Waals surface area contributed by atoms with E-state index in [-0.39, 0.29) is 11.0 Å². The maximum Gasteiger partial charge on any atom is 0.241 e. The minimum Gasteiger partial charge on any atom is -0.374 e. The Kier molecular flexibility index (Phi) is 7.59. The van der Waals surface area contributed by atoms with Crippen LogP contribution in [-0.2, 0) is 14.8 Å². The maximum atomic E-state index is 13.0. The van der Waals surface area contributed by atoms with Crippen molar-refractivity contribution >= 4 is 33.2 Å². The quantitative estimate of drug-likeness (QED) is 0.648. The number of hydrogen-bond donors (Lipinski definition) is 1. The fourth-order valence-corrected chi connectivity index (χ4v) is 4.95. The summed E-state index contributed by atoms with van der Waals surface area (Å²) in [6.45, 7) is 1.23. The van der Waals surface area contributed by atoms with Gasteiger partial charge in [0.1, 0.15) is 0 Å². The van der Waals surface area contributed by atoms with Crippen LogP contribution in [0.1, 0.15) is 42.5 Å². The van der Waals surface area contributed by atoms with Crippen molar-refractivity contribution in [2.45, 2.75) is 36.3 Å². The summed E-state index contributed by atoms with van der Waals surface area (Å²) in [5.74, 6) is 0. The molecule has 1 N–H and O–H groups in total. The smallest absolute Gasteiger partial charge is 0.241 e. The highest BCUT2D eigenvalue weighted by molar-refractivity contribution is 7.89. The molecule has 0 amide bonds. The first-order chi connectivity index (χ1) is 13.8. The number of sulfonamides is 1. The van der Waals surface area contributed by atoms with Gasteiger partial charge in [-0.05, 0) is 68.8 Å². The summed E-state index contributed by atoms with van der Waals surface area (Å²) in [4.78, 5) is 2.14. The number of rotatable bonds is 7. The first-order valence-electron chi connectivity index (χ1n) is 9.60. The lowest BCUT2D eigenvalue weighted by atomic mass is 10.0. The molecule has 1 fully saturated rings. The Morgan fingerprint density at radius 2 is 1.83 bits per heavy atom. The number of benzene rings is 2. The lowest BCUT2D eigenvalue weighted by Crippen LogP contribution is -2.35. The zero-order chi connectivity index (χ0) is 21.0. The molecule has 8 heteroatoms. The van der Waals surface area contributed by atoms with Crippen LogP contribution >= 0.6 is 23.2 Å². The third-order valence-electron chi connectivity index (χ3n) is 4.93. The molecule has 2 atom stereocenters. The molecule has 0 aromatic heterocycles. The van der Waals surface area contributed by atoms with E-state index in [2.05, 4.69) is 4.72 Å². The Morgan fingerprint density at radius 1 is 1.10 bits per heavy atom. The summed E-state index contributed by atoms with van der Waals surface area (Å²) in [5, 5.41) is 0.825. The minimum absolute atomic E-state index is 0.0474. The van der Waals surface area contributed by atoms with Crippen LogP contribution in [0.5, 0.6) is 0 Å². The van der Waals surface area contributed by atoms with Gasteiger partial charge in [0.2, 0.25) is 10.0 Å². The van der Waals surface area contributed by atoms with Crippen molar-refractivity contribution in [3.05, 3.63) is 63.6 Å². The lowest BCUT2D eigenvalue weighted by Gasteiger charge is -2.24. The molecule has 0 saturated carbocycles. The Bertz CT molecular complexity index is 927. The molecular weight excluding hydrogens is 431 g/mol. The molecule has 158 valence electrons. The Morgan fingerprint density at radius 3 is 2.41 bits per heavy atom. The molecule has 2 unspecified atom stereocenters. The number of likely N-dealkylation sites (N-methyl/N-ethyl adjacent to an activating group) is 1. The van der Waals surface area contributed by atoms with Crippen molar-refractivity contribution in [1.82, 2.24) is 9.62 Å². The Hall–Kier alpha value is -1.15. The summed E-state index contributed by atoms with van der Waals surface area (Å²) >= 11 is 12.1. The number of nitrogens with one attached hydrogen (secondary N) is 1. The van der Waals surface area contributed by atoms with Gasteiger partial charge in [0, 0.05) is 13.2 Å². The van der Waals surface area contributed by atoms with E-state index >= 15 is 0 Å². The summed E-state index contributed by atoms with van der Waals surface area (Å²) < 4.78 is 34.6. The van der Waals surface area contributed by atoms with Crippen LogP contribution in [0.3, 0.4) is 0 Å². The minimum atomic E-state index is -3.72. The van der Waals surface area contributed by atoms with Gasteiger partial charge in [0.05, 0.1) is 27.1 Å². The van der Waals surface area contributed by atoms with E-state index in [1.807, 2.05) is 31.1 Å². The standard InChI is InChI=1S/C21H26Cl2N2O3S/c1-25(2)14-20(16-8-11-18(22)19(23)13-16)24-29(26,27)17-9-6-15(7-10-17)21-5-3-4-12-28-21/h6-11,13,20-21,24H,3-5,12,14H2,1-2H3. The SMILES string of the molecule is CN(C)CC(NS(=O)(=O)c1ccc(C2CCCCO2)cc1)c1ccc(Cl)c(Cl)c1. The van der Waals surface area contributed by atoms with Crippen molar-refractivity contribution in [2.75, 3.05) is 27.2 Å². The van der Waals surface area contributed by atoms with E-state index in [4.69, 9.17) is 27.9 Å². The predicted molar refractivity (Wildman–Crippen MR) is 117 cm³/mol. The zero-order valence-corrected chi connectivity index (χ0v) is 18.9. The second-order valence-corrected chi connectivity index (χ2v) is 10.1. The lowest BCUT2D eigenvalue weighted by molar-refractivity contribution is 0.0149. The van der Waals surface area contributed by atoms with Gasteiger partial charge in [-0.15, -0.1) is 0 Å². The Balaban J connectivity index is 1.81. The molecule has 29 heavy (non-hydrogen) atoms. The van der Waals surface area contributed by atoms with Crippen LogP contribution in [-0.4, -0.2) is 40.6 Å². The van der Waals surface area contributed by atoms with Gasteiger partial charge in [0.15, 0.2) is 0 Å². The topological polar surface area (TPSA) is 58.6 Å². The molecule has 2 aromatic carbocycles. The molecule has 0 radical (unpaired) electrons. The predicted octanol–water partition coefficient (Wildman–Crippen LogP) is 4.82. The number of hydrogen-bond acceptors (Lipinski definition) is 4. The number of ether oxygens (including phenoxy) is 1. The van der Waals surface area contributed by atoms with Gasteiger partial charge >= 0.3 is 0 Å². The third kappa shape index (κ3) is 5.94. The zero-order valence-electron chi connectivity index (χ0n) is 16.6. The number of nitrogens with zero attached hydrogens (tertiary/aromatic N) is 1. The fraction of sp³-hybridized carbons (Fsp3) is 0.429. The van der Waals surface area contributed by atoms with Crippen molar-refractivity contribution in [2.24, 2.45) is 0 Å². The van der Waals surface area contributed by atoms with Crippen LogP contribution < -0.4 is 4.72 Å². The summed E-state index contributed by atoms with van der Waals surface area (Å²) in [6, 6.07) is 11.6. The van der Waals surface area contributed by atoms with Crippen molar-refractivity contribution in [3.63, 3.8) is 0 Å². The van der Waals surface area contributed by atoms with E-state index in [9.17, 15) is 8.42 Å². The maximum absolute atomic E-state index is 13.0. The Labute approximate surface area is 183 Å². The first kappa shape index (κ1) is 22.5. The highest BCUT2D eigenvalue weighted by Gasteiger charge is 2.23. The first-order valence-corrected chi connectivity index (χ1v) is 11.8. The van der Waals surface area contributed by atoms with Crippen molar-refractivity contribution < 1.29 is 13.2 Å². The van der Waals surface area contributed by atoms with E-state index in [0.29, 0.717) is 16.6 Å². The van der Waals surface area contributed by atoms with E-state index in [1.165, 1.54) is 0 Å². The van der Waals surface area contributed by atoms with Gasteiger partial charge in [0.25, 0.3) is 0 Å². The molecule has 0 aliphatic carbocycles. The van der Waals surface area contributed by atoms with Gasteiger partial charge < -0.3 is 9.64 Å². The van der Waals surface area contributed by atoms with Gasteiger partial charge in [-0.25, -0.2) is 13.1 Å². The molecule has 1 saturated heterocycles. The normalized spacial score (nSPS) is 18.7. The summed E-state index contributed by atoms with van der Waals surface area (Å²) in [6.07, 6.45) is 3.22. The highest BCUT2D eigenvalue weighted by Crippen LogP contribution is 2.29. The molecule has 5 nitrogen and oxygen atoms in total. The van der Waals surface area contributed by atoms with E-state index < -0.39 is 16.1 Å². The highest BCUT2D eigenvalue weighted by atomic mass is 35.5. The largest absolute Gasteiger partial charge is 0.374 e.